The third kappa shape index (κ3) is 2.98. The Bertz CT molecular complexity index is 551. The van der Waals surface area contributed by atoms with Gasteiger partial charge in [-0.05, 0) is 24.6 Å². The fourth-order valence-electron chi connectivity index (χ4n) is 2.16. The first-order chi connectivity index (χ1) is 9.13. The van der Waals surface area contributed by atoms with E-state index in [-0.39, 0.29) is 6.04 Å². The summed E-state index contributed by atoms with van der Waals surface area (Å²) in [5.41, 5.74) is 1.32. The standard InChI is InChI=1S/C14H17F2N3/c1-3-18-12(13-8-17-9-19(13)2)7-10-5-4-6-11(15)14(10)16/h4-6,8-9,12,18H,3,7H2,1-2H3. The van der Waals surface area contributed by atoms with Crippen molar-refractivity contribution in [2.45, 2.75) is 19.4 Å². The lowest BCUT2D eigenvalue weighted by Crippen LogP contribution is -2.25. The predicted octanol–water partition coefficient (Wildman–Crippen LogP) is 2.59. The molecule has 0 aliphatic heterocycles. The molecule has 0 bridgehead atoms. The number of imidazole rings is 1. The lowest BCUT2D eigenvalue weighted by atomic mass is 10.0. The molecule has 1 heterocycles. The van der Waals surface area contributed by atoms with Crippen LogP contribution in [0.3, 0.4) is 0 Å². The molecule has 1 unspecified atom stereocenters. The molecule has 0 saturated carbocycles. The first-order valence-corrected chi connectivity index (χ1v) is 6.26. The number of benzene rings is 1. The van der Waals surface area contributed by atoms with Crippen LogP contribution in [0, 0.1) is 11.6 Å². The van der Waals surface area contributed by atoms with Gasteiger partial charge in [0, 0.05) is 13.2 Å². The minimum absolute atomic E-state index is 0.0891. The molecule has 1 N–H and O–H groups in total. The van der Waals surface area contributed by atoms with Gasteiger partial charge in [0.2, 0.25) is 0 Å². The highest BCUT2D eigenvalue weighted by Crippen LogP contribution is 2.20. The lowest BCUT2D eigenvalue weighted by Gasteiger charge is -2.18. The molecule has 0 spiro atoms. The minimum Gasteiger partial charge on any atom is -0.336 e. The zero-order chi connectivity index (χ0) is 13.8. The van der Waals surface area contributed by atoms with Crippen molar-refractivity contribution in [3.63, 3.8) is 0 Å². The summed E-state index contributed by atoms with van der Waals surface area (Å²) in [6.07, 6.45) is 3.82. The number of likely N-dealkylation sites (N-methyl/N-ethyl adjacent to an activating group) is 1. The van der Waals surface area contributed by atoms with E-state index >= 15 is 0 Å². The molecule has 0 aliphatic rings. The van der Waals surface area contributed by atoms with Gasteiger partial charge < -0.3 is 9.88 Å². The van der Waals surface area contributed by atoms with Crippen LogP contribution in [0.25, 0.3) is 0 Å². The molecule has 0 saturated heterocycles. The normalized spacial score (nSPS) is 12.6. The molecule has 0 aliphatic carbocycles. The minimum atomic E-state index is -0.808. The molecular weight excluding hydrogens is 248 g/mol. The van der Waals surface area contributed by atoms with Crippen molar-refractivity contribution in [1.82, 2.24) is 14.9 Å². The molecule has 19 heavy (non-hydrogen) atoms. The summed E-state index contributed by atoms with van der Waals surface area (Å²) in [7, 11) is 1.88. The van der Waals surface area contributed by atoms with Crippen molar-refractivity contribution in [2.75, 3.05) is 6.54 Å². The number of halogens is 2. The summed E-state index contributed by atoms with van der Waals surface area (Å²) in [5, 5.41) is 3.27. The summed E-state index contributed by atoms with van der Waals surface area (Å²) < 4.78 is 28.8. The Balaban J connectivity index is 2.27. The van der Waals surface area contributed by atoms with Gasteiger partial charge in [-0.3, -0.25) is 0 Å². The van der Waals surface area contributed by atoms with Crippen LogP contribution in [-0.4, -0.2) is 16.1 Å². The third-order valence-corrected chi connectivity index (χ3v) is 3.12. The molecule has 1 atom stereocenters. The van der Waals surface area contributed by atoms with Crippen LogP contribution >= 0.6 is 0 Å². The number of aromatic nitrogens is 2. The molecule has 1 aromatic carbocycles. The highest BCUT2D eigenvalue weighted by atomic mass is 19.2. The van der Waals surface area contributed by atoms with Crippen molar-refractivity contribution < 1.29 is 8.78 Å². The van der Waals surface area contributed by atoms with Crippen molar-refractivity contribution in [2.24, 2.45) is 7.05 Å². The third-order valence-electron chi connectivity index (χ3n) is 3.12. The fraction of sp³-hybridized carbons (Fsp3) is 0.357. The van der Waals surface area contributed by atoms with E-state index in [1.807, 2.05) is 18.5 Å². The number of hydrogen-bond acceptors (Lipinski definition) is 2. The van der Waals surface area contributed by atoms with Gasteiger partial charge >= 0.3 is 0 Å². The average Bonchev–Trinajstić information content (AvgIpc) is 2.80. The largest absolute Gasteiger partial charge is 0.336 e. The van der Waals surface area contributed by atoms with Crippen LogP contribution in [0.4, 0.5) is 8.78 Å². The van der Waals surface area contributed by atoms with Crippen LogP contribution in [0.5, 0.6) is 0 Å². The second kappa shape index (κ2) is 5.93. The number of nitrogens with zero attached hydrogens (tertiary/aromatic N) is 2. The SMILES string of the molecule is CCNC(Cc1cccc(F)c1F)c1cncn1C. The summed E-state index contributed by atoms with van der Waals surface area (Å²) in [6.45, 7) is 2.72. The number of hydrogen-bond donors (Lipinski definition) is 1. The quantitative estimate of drug-likeness (QED) is 0.900. The van der Waals surface area contributed by atoms with Gasteiger partial charge in [-0.25, -0.2) is 13.8 Å². The summed E-state index contributed by atoms with van der Waals surface area (Å²) in [6, 6.07) is 4.18. The van der Waals surface area contributed by atoms with Crippen LogP contribution in [0.2, 0.25) is 0 Å². The van der Waals surface area contributed by atoms with Gasteiger partial charge in [0.15, 0.2) is 11.6 Å². The number of nitrogens with one attached hydrogen (secondary N) is 1. The van der Waals surface area contributed by atoms with E-state index in [0.717, 1.165) is 18.3 Å². The average molecular weight is 265 g/mol. The molecule has 5 heteroatoms. The van der Waals surface area contributed by atoms with Crippen LogP contribution in [0.15, 0.2) is 30.7 Å². The molecule has 2 aromatic rings. The van der Waals surface area contributed by atoms with E-state index in [2.05, 4.69) is 10.3 Å². The van der Waals surface area contributed by atoms with Gasteiger partial charge in [0.05, 0.1) is 18.1 Å². The molecule has 0 radical (unpaired) electrons. The Hall–Kier alpha value is -1.75. The maximum absolute atomic E-state index is 13.7. The van der Waals surface area contributed by atoms with Crippen molar-refractivity contribution >= 4 is 0 Å². The van der Waals surface area contributed by atoms with Crippen LogP contribution < -0.4 is 5.32 Å². The molecule has 0 fully saturated rings. The highest BCUT2D eigenvalue weighted by Gasteiger charge is 2.17. The second-order valence-corrected chi connectivity index (χ2v) is 4.46. The smallest absolute Gasteiger partial charge is 0.162 e. The van der Waals surface area contributed by atoms with Gasteiger partial charge in [0.25, 0.3) is 0 Å². The monoisotopic (exact) mass is 265 g/mol. The predicted molar refractivity (Wildman–Crippen MR) is 69.7 cm³/mol. The maximum Gasteiger partial charge on any atom is 0.162 e. The molecule has 0 amide bonds. The number of aryl methyl sites for hydroxylation is 1. The summed E-state index contributed by atoms with van der Waals surface area (Å²) in [4.78, 5) is 4.06. The second-order valence-electron chi connectivity index (χ2n) is 4.46. The Kier molecular flexibility index (Phi) is 4.27. The van der Waals surface area contributed by atoms with Gasteiger partial charge in [0.1, 0.15) is 0 Å². The van der Waals surface area contributed by atoms with E-state index in [1.54, 1.807) is 18.6 Å². The van der Waals surface area contributed by atoms with Crippen molar-refractivity contribution in [3.05, 3.63) is 53.6 Å². The Morgan fingerprint density at radius 2 is 2.16 bits per heavy atom. The molecule has 102 valence electrons. The van der Waals surface area contributed by atoms with Gasteiger partial charge in [-0.15, -0.1) is 0 Å². The van der Waals surface area contributed by atoms with E-state index in [0.29, 0.717) is 12.0 Å². The molecule has 2 rings (SSSR count). The Morgan fingerprint density at radius 3 is 2.79 bits per heavy atom. The molecule has 3 nitrogen and oxygen atoms in total. The topological polar surface area (TPSA) is 29.9 Å². The maximum atomic E-state index is 13.7. The Morgan fingerprint density at radius 1 is 1.37 bits per heavy atom. The molecule has 1 aromatic heterocycles. The van der Waals surface area contributed by atoms with Crippen molar-refractivity contribution in [3.8, 4) is 0 Å². The van der Waals surface area contributed by atoms with Crippen LogP contribution in [-0.2, 0) is 13.5 Å². The highest BCUT2D eigenvalue weighted by molar-refractivity contribution is 5.22. The van der Waals surface area contributed by atoms with Gasteiger partial charge in [-0.1, -0.05) is 19.1 Å². The van der Waals surface area contributed by atoms with Gasteiger partial charge in [-0.2, -0.15) is 0 Å². The first kappa shape index (κ1) is 13.7. The van der Waals surface area contributed by atoms with Crippen molar-refractivity contribution in [1.29, 1.82) is 0 Å². The lowest BCUT2D eigenvalue weighted by molar-refractivity contribution is 0.473. The van der Waals surface area contributed by atoms with Crippen LogP contribution in [0.1, 0.15) is 24.2 Å². The van der Waals surface area contributed by atoms with E-state index in [4.69, 9.17) is 0 Å². The zero-order valence-corrected chi connectivity index (χ0v) is 11.0. The van der Waals surface area contributed by atoms with E-state index in [1.165, 1.54) is 6.07 Å². The Labute approximate surface area is 111 Å². The van der Waals surface area contributed by atoms with E-state index < -0.39 is 11.6 Å². The summed E-state index contributed by atoms with van der Waals surface area (Å²) in [5.74, 6) is -1.58. The zero-order valence-electron chi connectivity index (χ0n) is 11.0. The molecular formula is C14H17F2N3. The summed E-state index contributed by atoms with van der Waals surface area (Å²) >= 11 is 0. The first-order valence-electron chi connectivity index (χ1n) is 6.26. The number of rotatable bonds is 5. The van der Waals surface area contributed by atoms with E-state index in [9.17, 15) is 8.78 Å². The fourth-order valence-corrected chi connectivity index (χ4v) is 2.16.